The lowest BCUT2D eigenvalue weighted by Crippen LogP contribution is -2.18. The minimum Gasteiger partial charge on any atom is -0.478 e. The molecule has 30 heavy (non-hydrogen) atoms. The molecule has 0 unspecified atom stereocenters. The molecule has 0 saturated heterocycles. The van der Waals surface area contributed by atoms with E-state index >= 15 is 0 Å². The van der Waals surface area contributed by atoms with Gasteiger partial charge in [-0.25, -0.2) is 22.3 Å². The van der Waals surface area contributed by atoms with Crippen molar-refractivity contribution >= 4 is 26.9 Å². The number of nitrogens with two attached hydrogens (primary N) is 1. The molecule has 3 rings (SSSR count). The SMILES string of the molecule is CNS(=O)(=O)c1cccc(-c2c(C)n(CC(F)=CCN)c3ccc(C(=O)O)cc23)c1. The number of allylic oxidation sites excluding steroid dienone is 1. The number of nitrogens with one attached hydrogen (secondary N) is 1. The molecular formula is C21H22FN3O4S. The second-order valence-corrected chi connectivity index (χ2v) is 8.59. The highest BCUT2D eigenvalue weighted by molar-refractivity contribution is 7.89. The fourth-order valence-electron chi connectivity index (χ4n) is 3.46. The lowest BCUT2D eigenvalue weighted by Gasteiger charge is -2.09. The van der Waals surface area contributed by atoms with Crippen LogP contribution in [-0.2, 0) is 16.6 Å². The number of benzene rings is 2. The van der Waals surface area contributed by atoms with E-state index in [4.69, 9.17) is 5.73 Å². The Balaban J connectivity index is 2.32. The monoisotopic (exact) mass is 431 g/mol. The molecule has 9 heteroatoms. The summed E-state index contributed by atoms with van der Waals surface area (Å²) in [6.45, 7) is 1.77. The minimum atomic E-state index is -3.67. The van der Waals surface area contributed by atoms with Crippen molar-refractivity contribution in [2.24, 2.45) is 5.73 Å². The first-order valence-electron chi connectivity index (χ1n) is 9.14. The maximum Gasteiger partial charge on any atom is 0.335 e. The van der Waals surface area contributed by atoms with Crippen molar-refractivity contribution in [3.63, 3.8) is 0 Å². The van der Waals surface area contributed by atoms with Gasteiger partial charge in [0, 0.05) is 28.7 Å². The molecule has 0 amide bonds. The van der Waals surface area contributed by atoms with Gasteiger partial charge in [-0.2, -0.15) is 0 Å². The Bertz CT molecular complexity index is 1260. The zero-order valence-electron chi connectivity index (χ0n) is 16.5. The van der Waals surface area contributed by atoms with Crippen molar-refractivity contribution in [2.75, 3.05) is 13.6 Å². The van der Waals surface area contributed by atoms with Crippen molar-refractivity contribution in [1.29, 1.82) is 0 Å². The third-order valence-electron chi connectivity index (χ3n) is 4.92. The van der Waals surface area contributed by atoms with Gasteiger partial charge in [0.05, 0.1) is 17.0 Å². The van der Waals surface area contributed by atoms with Gasteiger partial charge in [0.25, 0.3) is 0 Å². The Hall–Kier alpha value is -3.01. The third kappa shape index (κ3) is 4.00. The second-order valence-electron chi connectivity index (χ2n) is 6.71. The fraction of sp³-hybridized carbons (Fsp3) is 0.190. The number of aromatic carboxylic acids is 1. The van der Waals surface area contributed by atoms with Crippen molar-refractivity contribution in [3.8, 4) is 11.1 Å². The normalized spacial score (nSPS) is 12.5. The molecule has 1 heterocycles. The van der Waals surface area contributed by atoms with Crippen LogP contribution in [0.25, 0.3) is 22.0 Å². The highest BCUT2D eigenvalue weighted by Gasteiger charge is 2.20. The molecule has 0 aliphatic carbocycles. The van der Waals surface area contributed by atoms with Gasteiger partial charge in [0.15, 0.2) is 0 Å². The van der Waals surface area contributed by atoms with E-state index in [0.29, 0.717) is 27.7 Å². The van der Waals surface area contributed by atoms with Crippen LogP contribution in [0.1, 0.15) is 16.1 Å². The molecule has 0 aliphatic rings. The van der Waals surface area contributed by atoms with Crippen LogP contribution in [0.3, 0.4) is 0 Å². The van der Waals surface area contributed by atoms with Crippen LogP contribution in [0.4, 0.5) is 4.39 Å². The zero-order chi connectivity index (χ0) is 22.1. The van der Waals surface area contributed by atoms with E-state index in [1.54, 1.807) is 29.7 Å². The summed E-state index contributed by atoms with van der Waals surface area (Å²) in [5.41, 5.74) is 8.01. The first kappa shape index (κ1) is 21.7. The predicted octanol–water partition coefficient (Wildman–Crippen LogP) is 3.04. The van der Waals surface area contributed by atoms with Gasteiger partial charge in [-0.3, -0.25) is 0 Å². The van der Waals surface area contributed by atoms with E-state index in [9.17, 15) is 22.7 Å². The van der Waals surface area contributed by atoms with Gasteiger partial charge < -0.3 is 15.4 Å². The van der Waals surface area contributed by atoms with Crippen LogP contribution in [-0.4, -0.2) is 37.7 Å². The van der Waals surface area contributed by atoms with Gasteiger partial charge in [-0.1, -0.05) is 12.1 Å². The Morgan fingerprint density at radius 2 is 2.00 bits per heavy atom. The highest BCUT2D eigenvalue weighted by atomic mass is 32.2. The smallest absolute Gasteiger partial charge is 0.335 e. The summed E-state index contributed by atoms with van der Waals surface area (Å²) in [5, 5.41) is 9.99. The number of aromatic nitrogens is 1. The molecule has 0 aliphatic heterocycles. The Morgan fingerprint density at radius 3 is 2.63 bits per heavy atom. The summed E-state index contributed by atoms with van der Waals surface area (Å²) >= 11 is 0. The number of carboxylic acids is 1. The van der Waals surface area contributed by atoms with E-state index in [2.05, 4.69) is 4.72 Å². The summed E-state index contributed by atoms with van der Waals surface area (Å²) in [5.74, 6) is -1.51. The molecule has 0 bridgehead atoms. The molecule has 7 nitrogen and oxygen atoms in total. The topological polar surface area (TPSA) is 114 Å². The maximum atomic E-state index is 14.3. The Kier molecular flexibility index (Phi) is 6.06. The summed E-state index contributed by atoms with van der Waals surface area (Å²) in [6, 6.07) is 10.9. The van der Waals surface area contributed by atoms with Crippen molar-refractivity contribution in [1.82, 2.24) is 9.29 Å². The van der Waals surface area contributed by atoms with E-state index in [-0.39, 0.29) is 23.5 Å². The average molecular weight is 431 g/mol. The highest BCUT2D eigenvalue weighted by Crippen LogP contribution is 2.36. The van der Waals surface area contributed by atoms with Gasteiger partial charge in [0.1, 0.15) is 5.83 Å². The van der Waals surface area contributed by atoms with Crippen LogP contribution in [0, 0.1) is 6.92 Å². The number of carboxylic acid groups (broad SMARTS) is 1. The minimum absolute atomic E-state index is 0.0595. The van der Waals surface area contributed by atoms with E-state index in [1.165, 1.54) is 37.4 Å². The average Bonchev–Trinajstić information content (AvgIpc) is 2.99. The van der Waals surface area contributed by atoms with Gasteiger partial charge in [0.2, 0.25) is 10.0 Å². The fourth-order valence-corrected chi connectivity index (χ4v) is 4.24. The second kappa shape index (κ2) is 8.39. The summed E-state index contributed by atoms with van der Waals surface area (Å²) in [6.07, 6.45) is 1.27. The molecule has 0 spiro atoms. The number of rotatable bonds is 7. The van der Waals surface area contributed by atoms with E-state index in [0.717, 1.165) is 0 Å². The number of fused-ring (bicyclic) bond motifs is 1. The van der Waals surface area contributed by atoms with E-state index < -0.39 is 21.8 Å². The van der Waals surface area contributed by atoms with Crippen LogP contribution >= 0.6 is 0 Å². The number of halogens is 1. The lowest BCUT2D eigenvalue weighted by molar-refractivity contribution is 0.0697. The van der Waals surface area contributed by atoms with Crippen molar-refractivity contribution < 1.29 is 22.7 Å². The first-order chi connectivity index (χ1) is 14.2. The first-order valence-corrected chi connectivity index (χ1v) is 10.6. The number of sulfonamides is 1. The Morgan fingerprint density at radius 1 is 1.27 bits per heavy atom. The van der Waals surface area contributed by atoms with Crippen molar-refractivity contribution in [3.05, 3.63) is 65.6 Å². The summed E-state index contributed by atoms with van der Waals surface area (Å²) in [7, 11) is -2.35. The van der Waals surface area contributed by atoms with Gasteiger partial charge in [-0.05, 0) is 55.9 Å². The molecule has 0 fully saturated rings. The van der Waals surface area contributed by atoms with Crippen LogP contribution in [0.2, 0.25) is 0 Å². The summed E-state index contributed by atoms with van der Waals surface area (Å²) in [4.78, 5) is 11.6. The van der Waals surface area contributed by atoms with Crippen LogP contribution in [0.5, 0.6) is 0 Å². The third-order valence-corrected chi connectivity index (χ3v) is 6.33. The summed E-state index contributed by atoms with van der Waals surface area (Å²) < 4.78 is 42.7. The molecule has 4 N–H and O–H groups in total. The molecular weight excluding hydrogens is 409 g/mol. The number of hydrogen-bond donors (Lipinski definition) is 3. The number of hydrogen-bond acceptors (Lipinski definition) is 4. The van der Waals surface area contributed by atoms with Crippen molar-refractivity contribution in [2.45, 2.75) is 18.4 Å². The number of carbonyl (C=O) groups is 1. The maximum absolute atomic E-state index is 14.3. The molecule has 3 aromatic rings. The molecule has 158 valence electrons. The Labute approximate surface area is 173 Å². The molecule has 0 atom stereocenters. The molecule has 0 radical (unpaired) electrons. The standard InChI is InChI=1S/C21H22FN3O4S/c1-13-20(14-4-3-5-17(10-14)30(28,29)24-2)18-11-15(21(26)27)6-7-19(18)25(13)12-16(22)8-9-23/h3-8,10-11,24H,9,12,23H2,1-2H3,(H,26,27). The van der Waals surface area contributed by atoms with Crippen LogP contribution < -0.4 is 10.5 Å². The largest absolute Gasteiger partial charge is 0.478 e. The van der Waals surface area contributed by atoms with E-state index in [1.807, 2.05) is 0 Å². The number of nitrogens with zero attached hydrogens (tertiary/aromatic N) is 1. The molecule has 0 saturated carbocycles. The quantitative estimate of drug-likeness (QED) is 0.532. The zero-order valence-corrected chi connectivity index (χ0v) is 17.3. The van der Waals surface area contributed by atoms with Gasteiger partial charge in [-0.15, -0.1) is 0 Å². The molecule has 1 aromatic heterocycles. The predicted molar refractivity (Wildman–Crippen MR) is 114 cm³/mol. The van der Waals surface area contributed by atoms with Gasteiger partial charge >= 0.3 is 5.97 Å². The molecule has 2 aromatic carbocycles. The lowest BCUT2D eigenvalue weighted by atomic mass is 10.0. The van der Waals surface area contributed by atoms with Crippen LogP contribution in [0.15, 0.2) is 59.3 Å².